The van der Waals surface area contributed by atoms with E-state index >= 15 is 0 Å². The Morgan fingerprint density at radius 3 is 2.85 bits per heavy atom. The number of thiazole rings is 1. The molecule has 0 aliphatic rings. The standard InChI is InChI=1S/C14H17BrN2O2S/c1-3-5-19-13-8-11(15)10(7-12(13)18-2)9-17-14-16-4-6-20-14/h4,6-8H,3,5,9H2,1-2H3,(H,16,17). The summed E-state index contributed by atoms with van der Waals surface area (Å²) in [6.07, 6.45) is 2.75. The number of nitrogens with zero attached hydrogens (tertiary/aromatic N) is 1. The van der Waals surface area contributed by atoms with Crippen LogP contribution in [0.5, 0.6) is 11.5 Å². The molecular weight excluding hydrogens is 340 g/mol. The summed E-state index contributed by atoms with van der Waals surface area (Å²) in [5.74, 6) is 1.51. The molecule has 0 atom stereocenters. The minimum absolute atomic E-state index is 0.679. The molecule has 0 fully saturated rings. The second-order valence-corrected chi connectivity index (χ2v) is 5.88. The van der Waals surface area contributed by atoms with Gasteiger partial charge in [-0.3, -0.25) is 0 Å². The summed E-state index contributed by atoms with van der Waals surface area (Å²) < 4.78 is 12.1. The maximum absolute atomic E-state index is 5.68. The second-order valence-electron chi connectivity index (χ2n) is 4.13. The van der Waals surface area contributed by atoms with Crippen molar-refractivity contribution in [2.75, 3.05) is 19.0 Å². The van der Waals surface area contributed by atoms with Gasteiger partial charge in [-0.25, -0.2) is 4.98 Å². The second kappa shape index (κ2) is 7.50. The van der Waals surface area contributed by atoms with E-state index in [-0.39, 0.29) is 0 Å². The number of hydrogen-bond acceptors (Lipinski definition) is 5. The third-order valence-electron chi connectivity index (χ3n) is 2.66. The number of benzene rings is 1. The zero-order valence-electron chi connectivity index (χ0n) is 11.5. The Morgan fingerprint density at radius 2 is 2.20 bits per heavy atom. The Labute approximate surface area is 131 Å². The van der Waals surface area contributed by atoms with Crippen LogP contribution in [0.4, 0.5) is 5.13 Å². The first-order chi connectivity index (χ1) is 9.74. The van der Waals surface area contributed by atoms with E-state index in [0.29, 0.717) is 13.2 Å². The largest absolute Gasteiger partial charge is 0.493 e. The number of hydrogen-bond donors (Lipinski definition) is 1. The molecule has 2 rings (SSSR count). The highest BCUT2D eigenvalue weighted by atomic mass is 79.9. The predicted octanol–water partition coefficient (Wildman–Crippen LogP) is 4.32. The lowest BCUT2D eigenvalue weighted by molar-refractivity contribution is 0.294. The highest BCUT2D eigenvalue weighted by molar-refractivity contribution is 9.10. The number of ether oxygens (including phenoxy) is 2. The van der Waals surface area contributed by atoms with Crippen molar-refractivity contribution >= 4 is 32.4 Å². The summed E-state index contributed by atoms with van der Waals surface area (Å²) in [7, 11) is 1.65. The third kappa shape index (κ3) is 3.86. The van der Waals surface area contributed by atoms with Crippen LogP contribution in [0, 0.1) is 0 Å². The molecule has 0 saturated carbocycles. The van der Waals surface area contributed by atoms with Crippen molar-refractivity contribution in [2.45, 2.75) is 19.9 Å². The van der Waals surface area contributed by atoms with Crippen LogP contribution in [0.15, 0.2) is 28.2 Å². The molecule has 2 aromatic rings. The molecule has 108 valence electrons. The molecule has 0 radical (unpaired) electrons. The molecule has 0 bridgehead atoms. The van der Waals surface area contributed by atoms with Crippen LogP contribution in [0.25, 0.3) is 0 Å². The third-order valence-corrected chi connectivity index (χ3v) is 4.13. The van der Waals surface area contributed by atoms with Crippen LogP contribution in [-0.2, 0) is 6.54 Å². The van der Waals surface area contributed by atoms with Crippen LogP contribution in [0.1, 0.15) is 18.9 Å². The van der Waals surface area contributed by atoms with Crippen LogP contribution in [-0.4, -0.2) is 18.7 Å². The zero-order chi connectivity index (χ0) is 14.4. The van der Waals surface area contributed by atoms with E-state index in [0.717, 1.165) is 33.1 Å². The number of aromatic nitrogens is 1. The number of halogens is 1. The molecular formula is C14H17BrN2O2S. The normalized spacial score (nSPS) is 10.3. The summed E-state index contributed by atoms with van der Waals surface area (Å²) in [4.78, 5) is 4.20. The fourth-order valence-electron chi connectivity index (χ4n) is 1.68. The Balaban J connectivity index is 2.12. The van der Waals surface area contributed by atoms with Crippen molar-refractivity contribution in [2.24, 2.45) is 0 Å². The minimum Gasteiger partial charge on any atom is -0.493 e. The van der Waals surface area contributed by atoms with Crippen molar-refractivity contribution < 1.29 is 9.47 Å². The van der Waals surface area contributed by atoms with Gasteiger partial charge in [0, 0.05) is 22.6 Å². The zero-order valence-corrected chi connectivity index (χ0v) is 13.9. The molecule has 1 aromatic heterocycles. The van der Waals surface area contributed by atoms with Gasteiger partial charge in [-0.15, -0.1) is 11.3 Å². The van der Waals surface area contributed by atoms with Gasteiger partial charge >= 0.3 is 0 Å². The molecule has 0 unspecified atom stereocenters. The van der Waals surface area contributed by atoms with Crippen molar-refractivity contribution in [3.8, 4) is 11.5 Å². The molecule has 20 heavy (non-hydrogen) atoms. The summed E-state index contributed by atoms with van der Waals surface area (Å²) >= 11 is 5.15. The minimum atomic E-state index is 0.679. The van der Waals surface area contributed by atoms with Crippen LogP contribution >= 0.6 is 27.3 Å². The van der Waals surface area contributed by atoms with Gasteiger partial charge in [0.05, 0.1) is 13.7 Å². The molecule has 1 aromatic carbocycles. The van der Waals surface area contributed by atoms with Crippen molar-refractivity contribution in [3.05, 3.63) is 33.7 Å². The maximum Gasteiger partial charge on any atom is 0.182 e. The SMILES string of the molecule is CCCOc1cc(Br)c(CNc2nccs2)cc1OC. The van der Waals surface area contributed by atoms with Gasteiger partial charge in [-0.2, -0.15) is 0 Å². The quantitative estimate of drug-likeness (QED) is 0.802. The molecule has 4 nitrogen and oxygen atoms in total. The smallest absolute Gasteiger partial charge is 0.182 e. The van der Waals surface area contributed by atoms with Crippen molar-refractivity contribution in [1.82, 2.24) is 4.98 Å². The van der Waals surface area contributed by atoms with Crippen LogP contribution in [0.2, 0.25) is 0 Å². The monoisotopic (exact) mass is 356 g/mol. The molecule has 0 spiro atoms. The van der Waals surface area contributed by atoms with Crippen LogP contribution < -0.4 is 14.8 Å². The van der Waals surface area contributed by atoms with Gasteiger partial charge in [0.15, 0.2) is 16.6 Å². The van der Waals surface area contributed by atoms with Gasteiger partial charge in [0.1, 0.15) is 0 Å². The maximum atomic E-state index is 5.68. The first-order valence-corrected chi connectivity index (χ1v) is 8.04. The van der Waals surface area contributed by atoms with E-state index in [1.165, 1.54) is 0 Å². The number of nitrogens with one attached hydrogen (secondary N) is 1. The van der Waals surface area contributed by atoms with E-state index < -0.39 is 0 Å². The summed E-state index contributed by atoms with van der Waals surface area (Å²) in [6, 6.07) is 3.93. The predicted molar refractivity (Wildman–Crippen MR) is 85.9 cm³/mol. The summed E-state index contributed by atoms with van der Waals surface area (Å²) in [5, 5.41) is 6.13. The molecule has 1 N–H and O–H groups in total. The highest BCUT2D eigenvalue weighted by Crippen LogP contribution is 2.34. The summed E-state index contributed by atoms with van der Waals surface area (Å²) in [6.45, 7) is 3.44. The van der Waals surface area contributed by atoms with E-state index in [9.17, 15) is 0 Å². The lowest BCUT2D eigenvalue weighted by Gasteiger charge is -2.13. The Kier molecular flexibility index (Phi) is 5.67. The molecule has 0 saturated heterocycles. The average Bonchev–Trinajstić information content (AvgIpc) is 2.97. The van der Waals surface area contributed by atoms with Crippen LogP contribution in [0.3, 0.4) is 0 Å². The van der Waals surface area contributed by atoms with E-state index in [1.807, 2.05) is 17.5 Å². The van der Waals surface area contributed by atoms with Gasteiger partial charge in [-0.1, -0.05) is 22.9 Å². The van der Waals surface area contributed by atoms with Crippen molar-refractivity contribution in [3.63, 3.8) is 0 Å². The topological polar surface area (TPSA) is 43.4 Å². The molecule has 0 aliphatic carbocycles. The fourth-order valence-corrected chi connectivity index (χ4v) is 2.67. The number of rotatable bonds is 7. The highest BCUT2D eigenvalue weighted by Gasteiger charge is 2.10. The first kappa shape index (κ1) is 15.1. The Bertz CT molecular complexity index is 546. The fraction of sp³-hybridized carbons (Fsp3) is 0.357. The van der Waals surface area contributed by atoms with Gasteiger partial charge in [-0.05, 0) is 24.1 Å². The molecule has 0 amide bonds. The molecule has 0 aliphatic heterocycles. The van der Waals surface area contributed by atoms with Crippen molar-refractivity contribution in [1.29, 1.82) is 0 Å². The lowest BCUT2D eigenvalue weighted by atomic mass is 10.2. The summed E-state index contributed by atoms with van der Waals surface area (Å²) in [5.41, 5.74) is 1.10. The number of methoxy groups -OCH3 is 1. The van der Waals surface area contributed by atoms with E-state index in [4.69, 9.17) is 9.47 Å². The Hall–Kier alpha value is -1.27. The van der Waals surface area contributed by atoms with E-state index in [1.54, 1.807) is 24.6 Å². The molecule has 6 heteroatoms. The lowest BCUT2D eigenvalue weighted by Crippen LogP contribution is -2.03. The van der Waals surface area contributed by atoms with Gasteiger partial charge < -0.3 is 14.8 Å². The molecule has 1 heterocycles. The average molecular weight is 357 g/mol. The van der Waals surface area contributed by atoms with E-state index in [2.05, 4.69) is 33.2 Å². The Morgan fingerprint density at radius 1 is 1.35 bits per heavy atom. The van der Waals surface area contributed by atoms with Gasteiger partial charge in [0.25, 0.3) is 0 Å². The number of anilines is 1. The van der Waals surface area contributed by atoms with Gasteiger partial charge in [0.2, 0.25) is 0 Å². The first-order valence-electron chi connectivity index (χ1n) is 6.37.